The van der Waals surface area contributed by atoms with Crippen molar-refractivity contribution in [2.45, 2.75) is 13.0 Å². The molecule has 1 aliphatic rings. The lowest BCUT2D eigenvalue weighted by Gasteiger charge is -2.28. The second-order valence-corrected chi connectivity index (χ2v) is 5.99. The van der Waals surface area contributed by atoms with E-state index in [4.69, 9.17) is 0 Å². The van der Waals surface area contributed by atoms with Gasteiger partial charge in [0.2, 0.25) is 0 Å². The van der Waals surface area contributed by atoms with Gasteiger partial charge in [0.1, 0.15) is 18.1 Å². The number of halogens is 1. The first-order valence-electron chi connectivity index (χ1n) is 7.96. The fraction of sp³-hybridized carbons (Fsp3) is 0.158. The maximum absolute atomic E-state index is 14.4. The van der Waals surface area contributed by atoms with Crippen LogP contribution in [0.4, 0.5) is 10.1 Å². The monoisotopic (exact) mass is 338 g/mol. The third-order valence-corrected chi connectivity index (χ3v) is 4.53. The van der Waals surface area contributed by atoms with E-state index in [2.05, 4.69) is 0 Å². The maximum Gasteiger partial charge on any atom is 0.323 e. The summed E-state index contributed by atoms with van der Waals surface area (Å²) in [6, 6.07) is 13.8. The van der Waals surface area contributed by atoms with Crippen LogP contribution in [0.1, 0.15) is 16.1 Å². The summed E-state index contributed by atoms with van der Waals surface area (Å²) >= 11 is 0. The van der Waals surface area contributed by atoms with E-state index in [-0.39, 0.29) is 17.1 Å². The molecular formula is C19H15FN2O3. The van der Waals surface area contributed by atoms with Crippen molar-refractivity contribution in [1.82, 2.24) is 4.57 Å². The van der Waals surface area contributed by atoms with E-state index in [0.29, 0.717) is 23.9 Å². The lowest BCUT2D eigenvalue weighted by Crippen LogP contribution is -2.39. The molecule has 6 heteroatoms. The highest BCUT2D eigenvalue weighted by Gasteiger charge is 2.33. The molecule has 126 valence electrons. The van der Waals surface area contributed by atoms with E-state index in [9.17, 15) is 19.1 Å². The molecule has 3 aromatic rings. The number of para-hydroxylation sites is 2. The first-order chi connectivity index (χ1) is 12.1. The van der Waals surface area contributed by atoms with Crippen LogP contribution in [0, 0.1) is 5.82 Å². The molecule has 0 saturated carbocycles. The molecule has 1 aliphatic heterocycles. The van der Waals surface area contributed by atoms with E-state index in [1.54, 1.807) is 17.0 Å². The van der Waals surface area contributed by atoms with Gasteiger partial charge in [-0.25, -0.2) is 4.39 Å². The topological polar surface area (TPSA) is 62.5 Å². The smallest absolute Gasteiger partial charge is 0.323 e. The van der Waals surface area contributed by atoms with E-state index in [0.717, 1.165) is 5.69 Å². The number of nitrogens with zero attached hydrogens (tertiary/aromatic N) is 2. The molecule has 2 aromatic carbocycles. The van der Waals surface area contributed by atoms with Crippen molar-refractivity contribution in [2.24, 2.45) is 0 Å². The van der Waals surface area contributed by atoms with Crippen molar-refractivity contribution in [1.29, 1.82) is 0 Å². The summed E-state index contributed by atoms with van der Waals surface area (Å²) in [5.41, 5.74) is 1.90. The highest BCUT2D eigenvalue weighted by molar-refractivity contribution is 6.11. The Morgan fingerprint density at radius 1 is 1.12 bits per heavy atom. The van der Waals surface area contributed by atoms with Gasteiger partial charge in [0.25, 0.3) is 5.91 Å². The third kappa shape index (κ3) is 2.38. The average molecular weight is 338 g/mol. The summed E-state index contributed by atoms with van der Waals surface area (Å²) in [6.07, 6.45) is 0.544. The number of aliphatic carboxylic acids is 1. The van der Waals surface area contributed by atoms with E-state index in [1.807, 2.05) is 30.3 Å². The molecule has 4 rings (SSSR count). The van der Waals surface area contributed by atoms with Crippen molar-refractivity contribution < 1.29 is 19.1 Å². The summed E-state index contributed by atoms with van der Waals surface area (Å²) < 4.78 is 15.7. The SMILES string of the molecule is O=C(O)Cn1c2c(c3cccc(F)c31)CCN(c1ccccc1)C2=O. The molecule has 0 bridgehead atoms. The Labute approximate surface area is 142 Å². The quantitative estimate of drug-likeness (QED) is 0.798. The van der Waals surface area contributed by atoms with Crippen molar-refractivity contribution in [3.8, 4) is 0 Å². The van der Waals surface area contributed by atoms with Crippen LogP contribution in [0.25, 0.3) is 10.9 Å². The van der Waals surface area contributed by atoms with Gasteiger partial charge in [0.15, 0.2) is 0 Å². The lowest BCUT2D eigenvalue weighted by molar-refractivity contribution is -0.137. The average Bonchev–Trinajstić information content (AvgIpc) is 2.91. The number of carboxylic acids is 1. The lowest BCUT2D eigenvalue weighted by atomic mass is 10.0. The van der Waals surface area contributed by atoms with E-state index >= 15 is 0 Å². The Morgan fingerprint density at radius 2 is 1.88 bits per heavy atom. The largest absolute Gasteiger partial charge is 0.480 e. The minimum atomic E-state index is -1.12. The van der Waals surface area contributed by atoms with Crippen molar-refractivity contribution in [3.05, 3.63) is 65.6 Å². The molecular weight excluding hydrogens is 323 g/mol. The second-order valence-electron chi connectivity index (χ2n) is 5.99. The molecule has 0 spiro atoms. The van der Waals surface area contributed by atoms with Gasteiger partial charge in [-0.05, 0) is 30.2 Å². The zero-order valence-electron chi connectivity index (χ0n) is 13.3. The van der Waals surface area contributed by atoms with Crippen LogP contribution in [-0.2, 0) is 17.8 Å². The summed E-state index contributed by atoms with van der Waals surface area (Å²) in [4.78, 5) is 26.0. The molecule has 5 nitrogen and oxygen atoms in total. The zero-order chi connectivity index (χ0) is 17.6. The normalized spacial score (nSPS) is 14.0. The van der Waals surface area contributed by atoms with Crippen molar-refractivity contribution >= 4 is 28.5 Å². The summed E-state index contributed by atoms with van der Waals surface area (Å²) in [5.74, 6) is -1.94. The highest BCUT2D eigenvalue weighted by Crippen LogP contribution is 2.33. The molecule has 0 unspecified atom stereocenters. The fourth-order valence-electron chi connectivity index (χ4n) is 3.53. The van der Waals surface area contributed by atoms with Crippen LogP contribution in [0.15, 0.2) is 48.5 Å². The standard InChI is InChI=1S/C19H15FN2O3/c20-15-8-4-7-13-14-9-10-21(12-5-2-1-3-6-12)19(25)18(14)22(17(13)15)11-16(23)24/h1-8H,9-11H2,(H,23,24). The number of carbonyl (C=O) groups is 2. The summed E-state index contributed by atoms with van der Waals surface area (Å²) in [5, 5.41) is 9.85. The number of hydrogen-bond donors (Lipinski definition) is 1. The van der Waals surface area contributed by atoms with Gasteiger partial charge < -0.3 is 14.6 Å². The molecule has 2 heterocycles. The fourth-order valence-corrected chi connectivity index (χ4v) is 3.53. The van der Waals surface area contributed by atoms with Gasteiger partial charge in [0.05, 0.1) is 5.52 Å². The predicted octanol–water partition coefficient (Wildman–Crippen LogP) is 3.07. The molecule has 0 atom stereocenters. The predicted molar refractivity (Wildman–Crippen MR) is 91.4 cm³/mol. The second kappa shape index (κ2) is 5.73. The Hall–Kier alpha value is -3.15. The number of carbonyl (C=O) groups excluding carboxylic acids is 1. The summed E-state index contributed by atoms with van der Waals surface area (Å²) in [6.45, 7) is 0.0136. The number of hydrogen-bond acceptors (Lipinski definition) is 2. The van der Waals surface area contributed by atoms with Gasteiger partial charge in [0, 0.05) is 17.6 Å². The molecule has 1 amide bonds. The molecule has 1 N–H and O–H groups in total. The molecule has 0 saturated heterocycles. The van der Waals surface area contributed by atoms with Gasteiger partial charge in [-0.2, -0.15) is 0 Å². The third-order valence-electron chi connectivity index (χ3n) is 4.53. The zero-order valence-corrected chi connectivity index (χ0v) is 13.3. The Morgan fingerprint density at radius 3 is 2.60 bits per heavy atom. The van der Waals surface area contributed by atoms with E-state index < -0.39 is 18.3 Å². The number of fused-ring (bicyclic) bond motifs is 3. The number of benzene rings is 2. The number of anilines is 1. The van der Waals surface area contributed by atoms with Gasteiger partial charge in [-0.3, -0.25) is 9.59 Å². The Kier molecular flexibility index (Phi) is 3.53. The van der Waals surface area contributed by atoms with Crippen molar-refractivity contribution in [2.75, 3.05) is 11.4 Å². The number of rotatable bonds is 3. The number of aromatic nitrogens is 1. The first-order valence-corrected chi connectivity index (χ1v) is 7.96. The van der Waals surface area contributed by atoms with Crippen LogP contribution in [0.5, 0.6) is 0 Å². The maximum atomic E-state index is 14.4. The minimum Gasteiger partial charge on any atom is -0.480 e. The van der Waals surface area contributed by atoms with E-state index in [1.165, 1.54) is 10.6 Å². The van der Waals surface area contributed by atoms with Crippen LogP contribution >= 0.6 is 0 Å². The Bertz CT molecular complexity index is 995. The van der Waals surface area contributed by atoms with Crippen LogP contribution < -0.4 is 4.90 Å². The number of amides is 1. The number of carboxylic acid groups (broad SMARTS) is 1. The summed E-state index contributed by atoms with van der Waals surface area (Å²) in [7, 11) is 0. The molecule has 0 fully saturated rings. The van der Waals surface area contributed by atoms with Crippen LogP contribution in [0.2, 0.25) is 0 Å². The molecule has 1 aromatic heterocycles. The molecule has 0 aliphatic carbocycles. The molecule has 0 radical (unpaired) electrons. The molecule has 25 heavy (non-hydrogen) atoms. The minimum absolute atomic E-state index is 0.179. The van der Waals surface area contributed by atoms with Crippen molar-refractivity contribution in [3.63, 3.8) is 0 Å². The van der Waals surface area contributed by atoms with Crippen LogP contribution in [0.3, 0.4) is 0 Å². The first kappa shape index (κ1) is 15.4. The van der Waals surface area contributed by atoms with Gasteiger partial charge in [-0.15, -0.1) is 0 Å². The van der Waals surface area contributed by atoms with Gasteiger partial charge >= 0.3 is 5.97 Å². The van der Waals surface area contributed by atoms with Crippen LogP contribution in [-0.4, -0.2) is 28.1 Å². The van der Waals surface area contributed by atoms with Gasteiger partial charge in [-0.1, -0.05) is 30.3 Å². The highest BCUT2D eigenvalue weighted by atomic mass is 19.1. The Balaban J connectivity index is 1.94.